The van der Waals surface area contributed by atoms with Crippen LogP contribution in [0.3, 0.4) is 0 Å². The fraction of sp³-hybridized carbons (Fsp3) is 0.357. The first-order valence-electron chi connectivity index (χ1n) is 6.14. The minimum Gasteiger partial charge on any atom is -0.398 e. The van der Waals surface area contributed by atoms with Gasteiger partial charge in [-0.15, -0.1) is 0 Å². The zero-order valence-corrected chi connectivity index (χ0v) is 11.2. The molecule has 0 fully saturated rings. The van der Waals surface area contributed by atoms with Crippen molar-refractivity contribution in [2.75, 3.05) is 37.9 Å². The number of ether oxygens (including phenoxy) is 1. The lowest BCUT2D eigenvalue weighted by atomic mass is 10.1. The van der Waals surface area contributed by atoms with Crippen LogP contribution in [0.5, 0.6) is 0 Å². The first-order chi connectivity index (χ1) is 9.13. The second-order valence-electron chi connectivity index (χ2n) is 4.58. The smallest absolute Gasteiger partial charge is 0.0947 e. The van der Waals surface area contributed by atoms with Crippen molar-refractivity contribution < 1.29 is 9.84 Å². The topological polar surface area (TPSA) is 71.6 Å². The van der Waals surface area contributed by atoms with Crippen LogP contribution in [0.15, 0.2) is 30.6 Å². The number of fused-ring (bicyclic) bond motifs is 1. The number of rotatable bonds is 5. The monoisotopic (exact) mass is 261 g/mol. The standard InChI is InChI=1S/C14H19N3O2/c1-17(8-10(18)9-19-2)14-4-3-13(15)11-5-6-16-7-12(11)14/h3-7,10,18H,8-9,15H2,1-2H3. The summed E-state index contributed by atoms with van der Waals surface area (Å²) >= 11 is 0. The van der Waals surface area contributed by atoms with Gasteiger partial charge in [-0.2, -0.15) is 0 Å². The van der Waals surface area contributed by atoms with E-state index in [0.717, 1.165) is 22.1 Å². The van der Waals surface area contributed by atoms with Crippen molar-refractivity contribution in [1.82, 2.24) is 4.98 Å². The maximum Gasteiger partial charge on any atom is 0.0947 e. The molecule has 5 nitrogen and oxygen atoms in total. The molecule has 1 heterocycles. The Hall–Kier alpha value is -1.85. The van der Waals surface area contributed by atoms with E-state index in [1.54, 1.807) is 19.5 Å². The lowest BCUT2D eigenvalue weighted by Gasteiger charge is -2.24. The third-order valence-electron chi connectivity index (χ3n) is 3.08. The molecular formula is C14H19N3O2. The molecule has 0 aliphatic carbocycles. The predicted molar refractivity (Wildman–Crippen MR) is 77.3 cm³/mol. The Bertz CT molecular complexity index is 559. The van der Waals surface area contributed by atoms with Gasteiger partial charge < -0.3 is 20.5 Å². The number of likely N-dealkylation sites (N-methyl/N-ethyl adjacent to an activating group) is 1. The van der Waals surface area contributed by atoms with Crippen molar-refractivity contribution in [3.05, 3.63) is 30.6 Å². The predicted octanol–water partition coefficient (Wildman–Crippen LogP) is 1.26. The van der Waals surface area contributed by atoms with Gasteiger partial charge >= 0.3 is 0 Å². The summed E-state index contributed by atoms with van der Waals surface area (Å²) in [7, 11) is 3.50. The summed E-state index contributed by atoms with van der Waals surface area (Å²) in [5.74, 6) is 0. The van der Waals surface area contributed by atoms with Crippen LogP contribution >= 0.6 is 0 Å². The number of hydrogen-bond acceptors (Lipinski definition) is 5. The van der Waals surface area contributed by atoms with Gasteiger partial charge in [-0.25, -0.2) is 0 Å². The van der Waals surface area contributed by atoms with Gasteiger partial charge in [0, 0.05) is 55.2 Å². The number of pyridine rings is 1. The molecule has 0 bridgehead atoms. The minimum atomic E-state index is -0.528. The lowest BCUT2D eigenvalue weighted by Crippen LogP contribution is -2.32. The number of aromatic nitrogens is 1. The summed E-state index contributed by atoms with van der Waals surface area (Å²) in [5.41, 5.74) is 7.68. The molecule has 102 valence electrons. The third-order valence-corrected chi connectivity index (χ3v) is 3.08. The Kier molecular flexibility index (Phi) is 4.19. The molecule has 0 spiro atoms. The van der Waals surface area contributed by atoms with E-state index in [-0.39, 0.29) is 0 Å². The molecule has 3 N–H and O–H groups in total. The van der Waals surface area contributed by atoms with E-state index in [9.17, 15) is 5.11 Å². The van der Waals surface area contributed by atoms with Crippen LogP contribution in [0.2, 0.25) is 0 Å². The molecule has 1 atom stereocenters. The summed E-state index contributed by atoms with van der Waals surface area (Å²) in [4.78, 5) is 6.12. The Morgan fingerprint density at radius 3 is 2.89 bits per heavy atom. The van der Waals surface area contributed by atoms with Crippen molar-refractivity contribution >= 4 is 22.1 Å². The Balaban J connectivity index is 2.32. The van der Waals surface area contributed by atoms with Gasteiger partial charge in [-0.3, -0.25) is 4.98 Å². The number of nitrogen functional groups attached to an aromatic ring is 1. The Labute approximate surface area is 112 Å². The van der Waals surface area contributed by atoms with E-state index in [4.69, 9.17) is 10.5 Å². The van der Waals surface area contributed by atoms with Gasteiger partial charge in [-0.05, 0) is 18.2 Å². The molecule has 19 heavy (non-hydrogen) atoms. The maximum absolute atomic E-state index is 9.80. The molecule has 0 saturated carbocycles. The normalized spacial score (nSPS) is 12.6. The summed E-state index contributed by atoms with van der Waals surface area (Å²) in [6, 6.07) is 5.71. The first-order valence-corrected chi connectivity index (χ1v) is 6.14. The maximum atomic E-state index is 9.80. The zero-order valence-electron chi connectivity index (χ0n) is 11.2. The van der Waals surface area contributed by atoms with E-state index >= 15 is 0 Å². The first kappa shape index (κ1) is 13.6. The molecular weight excluding hydrogens is 242 g/mol. The van der Waals surface area contributed by atoms with Gasteiger partial charge in [0.25, 0.3) is 0 Å². The number of hydrogen-bond donors (Lipinski definition) is 2. The van der Waals surface area contributed by atoms with Crippen molar-refractivity contribution in [1.29, 1.82) is 0 Å². The number of nitrogens with zero attached hydrogens (tertiary/aromatic N) is 2. The summed E-state index contributed by atoms with van der Waals surface area (Å²) in [6.45, 7) is 0.803. The molecule has 1 unspecified atom stereocenters. The fourth-order valence-electron chi connectivity index (χ4n) is 2.19. The van der Waals surface area contributed by atoms with Crippen LogP contribution in [0.25, 0.3) is 10.8 Å². The largest absolute Gasteiger partial charge is 0.398 e. The third kappa shape index (κ3) is 2.94. The van der Waals surface area contributed by atoms with Gasteiger partial charge in [0.2, 0.25) is 0 Å². The Morgan fingerprint density at radius 2 is 2.16 bits per heavy atom. The van der Waals surface area contributed by atoms with Crippen molar-refractivity contribution in [2.24, 2.45) is 0 Å². The molecule has 0 saturated heterocycles. The number of methoxy groups -OCH3 is 1. The van der Waals surface area contributed by atoms with Crippen LogP contribution in [-0.4, -0.2) is 43.5 Å². The summed E-state index contributed by atoms with van der Waals surface area (Å²) in [5, 5.41) is 11.8. The fourth-order valence-corrected chi connectivity index (χ4v) is 2.19. The van der Waals surface area contributed by atoms with E-state index in [0.29, 0.717) is 13.2 Å². The average molecular weight is 261 g/mol. The van der Waals surface area contributed by atoms with Crippen LogP contribution < -0.4 is 10.6 Å². The second-order valence-corrected chi connectivity index (χ2v) is 4.58. The number of aliphatic hydroxyl groups is 1. The molecule has 2 rings (SSSR count). The van der Waals surface area contributed by atoms with Gasteiger partial charge in [0.15, 0.2) is 0 Å². The summed E-state index contributed by atoms with van der Waals surface area (Å²) < 4.78 is 4.94. The van der Waals surface area contributed by atoms with Crippen LogP contribution in [0.1, 0.15) is 0 Å². The SMILES string of the molecule is COCC(O)CN(C)c1ccc(N)c2ccncc12. The van der Waals surface area contributed by atoms with E-state index in [1.165, 1.54) is 0 Å². The van der Waals surface area contributed by atoms with E-state index in [2.05, 4.69) is 4.98 Å². The second kappa shape index (κ2) is 5.86. The molecule has 2 aromatic rings. The molecule has 0 aliphatic heterocycles. The number of benzene rings is 1. The molecule has 5 heteroatoms. The minimum absolute atomic E-state index is 0.315. The lowest BCUT2D eigenvalue weighted by molar-refractivity contribution is 0.0695. The molecule has 1 aromatic heterocycles. The molecule has 0 amide bonds. The highest BCUT2D eigenvalue weighted by atomic mass is 16.5. The molecule has 0 radical (unpaired) electrons. The average Bonchev–Trinajstić information content (AvgIpc) is 2.39. The highest BCUT2D eigenvalue weighted by Gasteiger charge is 2.12. The van der Waals surface area contributed by atoms with E-state index < -0.39 is 6.10 Å². The van der Waals surface area contributed by atoms with Gasteiger partial charge in [-0.1, -0.05) is 0 Å². The van der Waals surface area contributed by atoms with Gasteiger partial charge in [0.05, 0.1) is 12.7 Å². The van der Waals surface area contributed by atoms with Gasteiger partial charge in [0.1, 0.15) is 0 Å². The zero-order chi connectivity index (χ0) is 13.8. The van der Waals surface area contributed by atoms with Crippen molar-refractivity contribution in [3.8, 4) is 0 Å². The van der Waals surface area contributed by atoms with Crippen molar-refractivity contribution in [2.45, 2.75) is 6.10 Å². The quantitative estimate of drug-likeness (QED) is 0.793. The molecule has 0 aliphatic rings. The Morgan fingerprint density at radius 1 is 1.37 bits per heavy atom. The van der Waals surface area contributed by atoms with Crippen LogP contribution in [-0.2, 0) is 4.74 Å². The summed E-state index contributed by atoms with van der Waals surface area (Å²) in [6.07, 6.45) is 2.99. The number of nitrogens with two attached hydrogens (primary N) is 1. The van der Waals surface area contributed by atoms with Crippen molar-refractivity contribution in [3.63, 3.8) is 0 Å². The highest BCUT2D eigenvalue weighted by Crippen LogP contribution is 2.29. The van der Waals surface area contributed by atoms with Crippen LogP contribution in [0.4, 0.5) is 11.4 Å². The number of aliphatic hydroxyl groups excluding tert-OH is 1. The van der Waals surface area contributed by atoms with Crippen LogP contribution in [0, 0.1) is 0 Å². The highest BCUT2D eigenvalue weighted by molar-refractivity contribution is 6.00. The molecule has 1 aromatic carbocycles. The van der Waals surface area contributed by atoms with E-state index in [1.807, 2.05) is 30.1 Å². The number of anilines is 2.